The first kappa shape index (κ1) is 12.7. The molecule has 1 aromatic heterocycles. The highest BCUT2D eigenvalue weighted by atomic mass is 16.5. The highest BCUT2D eigenvalue weighted by Gasteiger charge is 2.12. The lowest BCUT2D eigenvalue weighted by Gasteiger charge is -2.10. The highest BCUT2D eigenvalue weighted by Crippen LogP contribution is 2.26. The maximum atomic E-state index is 11.9. The number of benzene rings is 1. The fraction of sp³-hybridized carbons (Fsp3) is 0.0769. The van der Waals surface area contributed by atoms with Crippen LogP contribution in [0.1, 0.15) is 20.7 Å². The van der Waals surface area contributed by atoms with Gasteiger partial charge in [-0.1, -0.05) is 0 Å². The number of hydrogen-bond donors (Lipinski definition) is 2. The summed E-state index contributed by atoms with van der Waals surface area (Å²) in [6.45, 7) is 0. The summed E-state index contributed by atoms with van der Waals surface area (Å²) in [6, 6.07) is 6.07. The third-order valence-corrected chi connectivity index (χ3v) is 2.52. The number of methoxy groups -OCH3 is 1. The van der Waals surface area contributed by atoms with Gasteiger partial charge in [-0.3, -0.25) is 9.59 Å². The van der Waals surface area contributed by atoms with Crippen LogP contribution in [0.3, 0.4) is 0 Å². The van der Waals surface area contributed by atoms with Crippen LogP contribution in [0.4, 0.5) is 5.69 Å². The zero-order chi connectivity index (χ0) is 13.8. The van der Waals surface area contributed by atoms with E-state index < -0.39 is 5.91 Å². The molecule has 19 heavy (non-hydrogen) atoms. The summed E-state index contributed by atoms with van der Waals surface area (Å²) in [4.78, 5) is 23.0. The zero-order valence-electron chi connectivity index (χ0n) is 10.2. The van der Waals surface area contributed by atoms with Crippen LogP contribution in [0, 0.1) is 0 Å². The number of anilines is 1. The molecule has 98 valence electrons. The van der Waals surface area contributed by atoms with Gasteiger partial charge in [0.05, 0.1) is 24.6 Å². The Morgan fingerprint density at radius 3 is 2.63 bits per heavy atom. The molecule has 2 rings (SSSR count). The third-order valence-electron chi connectivity index (χ3n) is 2.52. The summed E-state index contributed by atoms with van der Waals surface area (Å²) < 4.78 is 9.93. The molecule has 6 nitrogen and oxygen atoms in total. The van der Waals surface area contributed by atoms with Crippen molar-refractivity contribution in [1.82, 2.24) is 0 Å². The fourth-order valence-corrected chi connectivity index (χ4v) is 1.55. The van der Waals surface area contributed by atoms with E-state index in [0.717, 1.165) is 0 Å². The van der Waals surface area contributed by atoms with Crippen molar-refractivity contribution in [2.75, 3.05) is 12.4 Å². The second-order valence-electron chi connectivity index (χ2n) is 3.75. The number of ether oxygens (including phenoxy) is 1. The van der Waals surface area contributed by atoms with Gasteiger partial charge in [0, 0.05) is 5.56 Å². The van der Waals surface area contributed by atoms with Crippen molar-refractivity contribution in [3.05, 3.63) is 47.9 Å². The lowest BCUT2D eigenvalue weighted by atomic mass is 10.1. The summed E-state index contributed by atoms with van der Waals surface area (Å²) in [5.41, 5.74) is 6.21. The molecule has 0 spiro atoms. The van der Waals surface area contributed by atoms with Crippen molar-refractivity contribution < 1.29 is 18.7 Å². The summed E-state index contributed by atoms with van der Waals surface area (Å²) in [5, 5.41) is 2.63. The van der Waals surface area contributed by atoms with Gasteiger partial charge in [0.25, 0.3) is 5.91 Å². The topological polar surface area (TPSA) is 94.6 Å². The fourth-order valence-electron chi connectivity index (χ4n) is 1.55. The Bertz CT molecular complexity index is 605. The van der Waals surface area contributed by atoms with E-state index in [1.165, 1.54) is 37.8 Å². The first-order valence-corrected chi connectivity index (χ1v) is 5.43. The minimum absolute atomic E-state index is 0.281. The number of hydrogen-bond acceptors (Lipinski definition) is 4. The molecular weight excluding hydrogens is 248 g/mol. The van der Waals surface area contributed by atoms with Gasteiger partial charge in [-0.25, -0.2) is 0 Å². The van der Waals surface area contributed by atoms with Gasteiger partial charge in [-0.2, -0.15) is 0 Å². The van der Waals surface area contributed by atoms with Crippen LogP contribution in [0.25, 0.3) is 0 Å². The van der Waals surface area contributed by atoms with Gasteiger partial charge < -0.3 is 20.2 Å². The third kappa shape index (κ3) is 2.74. The van der Waals surface area contributed by atoms with Crippen molar-refractivity contribution in [3.8, 4) is 5.75 Å². The maximum absolute atomic E-state index is 11.9. The normalized spacial score (nSPS) is 9.95. The molecule has 2 aromatic rings. The first-order chi connectivity index (χ1) is 9.11. The van der Waals surface area contributed by atoms with E-state index in [2.05, 4.69) is 5.32 Å². The lowest BCUT2D eigenvalue weighted by molar-refractivity contribution is 0.0996. The van der Waals surface area contributed by atoms with Crippen molar-refractivity contribution in [2.45, 2.75) is 0 Å². The smallest absolute Gasteiger partial charge is 0.259 e. The number of carbonyl (C=O) groups is 2. The second kappa shape index (κ2) is 5.26. The Kier molecular flexibility index (Phi) is 3.51. The van der Waals surface area contributed by atoms with Gasteiger partial charge in [0.2, 0.25) is 5.91 Å². The van der Waals surface area contributed by atoms with Crippen LogP contribution in [-0.4, -0.2) is 18.9 Å². The van der Waals surface area contributed by atoms with E-state index in [-0.39, 0.29) is 11.5 Å². The van der Waals surface area contributed by atoms with Crippen LogP contribution in [0.2, 0.25) is 0 Å². The van der Waals surface area contributed by atoms with Crippen molar-refractivity contribution in [3.63, 3.8) is 0 Å². The molecule has 0 bridgehead atoms. The average molecular weight is 260 g/mol. The van der Waals surface area contributed by atoms with Gasteiger partial charge >= 0.3 is 0 Å². The van der Waals surface area contributed by atoms with E-state index in [9.17, 15) is 9.59 Å². The van der Waals surface area contributed by atoms with E-state index in [0.29, 0.717) is 17.0 Å². The predicted molar refractivity (Wildman–Crippen MR) is 68.2 cm³/mol. The molecule has 3 N–H and O–H groups in total. The first-order valence-electron chi connectivity index (χ1n) is 5.43. The van der Waals surface area contributed by atoms with E-state index in [4.69, 9.17) is 14.9 Å². The Morgan fingerprint density at radius 2 is 2.05 bits per heavy atom. The van der Waals surface area contributed by atoms with Crippen LogP contribution in [0.5, 0.6) is 5.75 Å². The predicted octanol–water partition coefficient (Wildman–Crippen LogP) is 1.64. The van der Waals surface area contributed by atoms with E-state index >= 15 is 0 Å². The standard InChI is InChI=1S/C13H12N2O4/c1-18-11-3-2-8(12(14)16)6-10(11)15-13(17)9-4-5-19-7-9/h2-7H,1H3,(H2,14,16)(H,15,17). The average Bonchev–Trinajstić information content (AvgIpc) is 2.92. The molecule has 0 saturated heterocycles. The van der Waals surface area contributed by atoms with Crippen molar-refractivity contribution in [2.24, 2.45) is 5.73 Å². The Labute approximate surface area is 109 Å². The van der Waals surface area contributed by atoms with Crippen LogP contribution < -0.4 is 15.8 Å². The summed E-state index contributed by atoms with van der Waals surface area (Å²) in [5.74, 6) is -0.517. The second-order valence-corrected chi connectivity index (χ2v) is 3.75. The number of primary amides is 1. The monoisotopic (exact) mass is 260 g/mol. The molecule has 6 heteroatoms. The number of carbonyl (C=O) groups excluding carboxylic acids is 2. The minimum atomic E-state index is -0.582. The summed E-state index contributed by atoms with van der Waals surface area (Å²) in [6.07, 6.45) is 2.71. The number of nitrogens with two attached hydrogens (primary N) is 1. The number of furan rings is 1. The molecule has 0 unspecified atom stereocenters. The van der Waals surface area contributed by atoms with E-state index in [1.54, 1.807) is 6.07 Å². The van der Waals surface area contributed by atoms with Crippen LogP contribution in [0.15, 0.2) is 41.2 Å². The van der Waals surface area contributed by atoms with Gasteiger partial charge in [0.1, 0.15) is 12.0 Å². The summed E-state index contributed by atoms with van der Waals surface area (Å²) in [7, 11) is 1.47. The molecule has 0 aliphatic heterocycles. The molecule has 0 fully saturated rings. The molecule has 0 atom stereocenters. The highest BCUT2D eigenvalue weighted by molar-refractivity contribution is 6.05. The van der Waals surface area contributed by atoms with Gasteiger partial charge in [0.15, 0.2) is 0 Å². The zero-order valence-corrected chi connectivity index (χ0v) is 10.2. The molecule has 0 aliphatic carbocycles. The SMILES string of the molecule is COc1ccc(C(N)=O)cc1NC(=O)c1ccoc1. The van der Waals surface area contributed by atoms with Gasteiger partial charge in [-0.05, 0) is 24.3 Å². The maximum Gasteiger partial charge on any atom is 0.259 e. The number of nitrogens with one attached hydrogen (secondary N) is 1. The van der Waals surface area contributed by atoms with Crippen molar-refractivity contribution >= 4 is 17.5 Å². The Balaban J connectivity index is 2.30. The van der Waals surface area contributed by atoms with E-state index in [1.807, 2.05) is 0 Å². The molecule has 1 aromatic carbocycles. The van der Waals surface area contributed by atoms with Gasteiger partial charge in [-0.15, -0.1) is 0 Å². The lowest BCUT2D eigenvalue weighted by Crippen LogP contribution is -2.14. The molecule has 1 heterocycles. The Hall–Kier alpha value is -2.76. The van der Waals surface area contributed by atoms with Crippen molar-refractivity contribution in [1.29, 1.82) is 0 Å². The van der Waals surface area contributed by atoms with Crippen LogP contribution >= 0.6 is 0 Å². The molecule has 0 saturated carbocycles. The molecule has 2 amide bonds. The minimum Gasteiger partial charge on any atom is -0.495 e. The number of amides is 2. The summed E-state index contributed by atoms with van der Waals surface area (Å²) >= 11 is 0. The molecule has 0 aliphatic rings. The largest absolute Gasteiger partial charge is 0.495 e. The Morgan fingerprint density at radius 1 is 1.26 bits per heavy atom. The van der Waals surface area contributed by atoms with Crippen LogP contribution in [-0.2, 0) is 0 Å². The number of rotatable bonds is 4. The molecular formula is C13H12N2O4. The quantitative estimate of drug-likeness (QED) is 0.873. The molecule has 0 radical (unpaired) electrons.